The summed E-state index contributed by atoms with van der Waals surface area (Å²) in [6.07, 6.45) is 1.60. The molecule has 0 radical (unpaired) electrons. The molecule has 1 heterocycles. The summed E-state index contributed by atoms with van der Waals surface area (Å²) in [5, 5.41) is 0.794. The molecule has 3 aromatic rings. The third-order valence-corrected chi connectivity index (χ3v) is 4.28. The van der Waals surface area contributed by atoms with E-state index in [0.717, 1.165) is 9.86 Å². The monoisotopic (exact) mass is 423 g/mol. The Morgan fingerprint density at radius 1 is 1.09 bits per heavy atom. The maximum absolute atomic E-state index is 13.7. The van der Waals surface area contributed by atoms with Gasteiger partial charge in [0.25, 0.3) is 0 Å². The van der Waals surface area contributed by atoms with E-state index in [9.17, 15) is 9.18 Å². The Labute approximate surface area is 142 Å². The van der Waals surface area contributed by atoms with Gasteiger partial charge in [-0.3, -0.25) is 4.98 Å². The fraction of sp³-hybridized carbons (Fsp3) is 0. The van der Waals surface area contributed by atoms with Gasteiger partial charge in [-0.1, -0.05) is 34.1 Å². The topological polar surface area (TPSA) is 39.2 Å². The minimum absolute atomic E-state index is 0.124. The second-order valence-electron chi connectivity index (χ2n) is 4.44. The molecular formula is C16H8Br2FNO2. The summed E-state index contributed by atoms with van der Waals surface area (Å²) in [5.41, 5.74) is 0.384. The van der Waals surface area contributed by atoms with Gasteiger partial charge in [-0.05, 0) is 40.2 Å². The maximum Gasteiger partial charge on any atom is 0.346 e. The van der Waals surface area contributed by atoms with Crippen LogP contribution >= 0.6 is 31.9 Å². The molecule has 0 N–H and O–H groups in total. The third kappa shape index (κ3) is 2.76. The van der Waals surface area contributed by atoms with Gasteiger partial charge in [-0.25, -0.2) is 9.18 Å². The zero-order chi connectivity index (χ0) is 15.7. The molecule has 0 amide bonds. The molecule has 3 rings (SSSR count). The van der Waals surface area contributed by atoms with Crippen molar-refractivity contribution in [3.63, 3.8) is 0 Å². The number of carbonyl (C=O) groups is 1. The average molecular weight is 425 g/mol. The highest BCUT2D eigenvalue weighted by Gasteiger charge is 2.18. The van der Waals surface area contributed by atoms with Crippen LogP contribution in [0.2, 0.25) is 0 Å². The summed E-state index contributed by atoms with van der Waals surface area (Å²) < 4.78 is 20.4. The first-order valence-corrected chi connectivity index (χ1v) is 7.86. The van der Waals surface area contributed by atoms with Crippen LogP contribution in [0.15, 0.2) is 57.6 Å². The highest BCUT2D eigenvalue weighted by atomic mass is 79.9. The van der Waals surface area contributed by atoms with E-state index in [1.54, 1.807) is 24.4 Å². The molecule has 22 heavy (non-hydrogen) atoms. The van der Waals surface area contributed by atoms with Crippen LogP contribution in [0.4, 0.5) is 4.39 Å². The van der Waals surface area contributed by atoms with E-state index in [4.69, 9.17) is 4.74 Å². The van der Waals surface area contributed by atoms with Crippen LogP contribution in [0, 0.1) is 5.82 Å². The highest BCUT2D eigenvalue weighted by molar-refractivity contribution is 9.11. The predicted molar refractivity (Wildman–Crippen MR) is 88.5 cm³/mol. The Hall–Kier alpha value is -1.79. The fourth-order valence-corrected chi connectivity index (χ4v) is 3.37. The van der Waals surface area contributed by atoms with Gasteiger partial charge in [0.2, 0.25) is 0 Å². The number of pyridine rings is 1. The summed E-state index contributed by atoms with van der Waals surface area (Å²) in [7, 11) is 0. The van der Waals surface area contributed by atoms with Crippen molar-refractivity contribution in [1.29, 1.82) is 0 Å². The molecule has 3 nitrogen and oxygen atoms in total. The van der Waals surface area contributed by atoms with Gasteiger partial charge in [-0.15, -0.1) is 0 Å². The number of aromatic nitrogens is 1. The van der Waals surface area contributed by atoms with E-state index in [1.165, 1.54) is 18.2 Å². The first-order chi connectivity index (χ1) is 10.6. The number of fused-ring (bicyclic) bond motifs is 1. The number of benzene rings is 2. The van der Waals surface area contributed by atoms with Crippen LogP contribution in [0.3, 0.4) is 0 Å². The highest BCUT2D eigenvalue weighted by Crippen LogP contribution is 2.37. The lowest BCUT2D eigenvalue weighted by Crippen LogP contribution is -2.11. The third-order valence-electron chi connectivity index (χ3n) is 3.04. The van der Waals surface area contributed by atoms with Crippen LogP contribution in [0.1, 0.15) is 10.4 Å². The molecule has 0 fully saturated rings. The summed E-state index contributed by atoms with van der Waals surface area (Å²) >= 11 is 6.78. The Bertz CT molecular complexity index is 883. The van der Waals surface area contributed by atoms with Crippen molar-refractivity contribution >= 4 is 48.7 Å². The van der Waals surface area contributed by atoms with E-state index < -0.39 is 11.8 Å². The van der Waals surface area contributed by atoms with Gasteiger partial charge in [0.05, 0.1) is 10.0 Å². The normalized spacial score (nSPS) is 10.7. The Morgan fingerprint density at radius 3 is 2.64 bits per heavy atom. The van der Waals surface area contributed by atoms with E-state index in [-0.39, 0.29) is 11.3 Å². The second-order valence-corrected chi connectivity index (χ2v) is 6.15. The average Bonchev–Trinajstić information content (AvgIpc) is 2.51. The van der Waals surface area contributed by atoms with Gasteiger partial charge in [0.15, 0.2) is 5.75 Å². The molecule has 6 heteroatoms. The summed E-state index contributed by atoms with van der Waals surface area (Å²) in [5.74, 6) is -1.14. The van der Waals surface area contributed by atoms with Crippen LogP contribution in [0.5, 0.6) is 5.75 Å². The first kappa shape index (κ1) is 15.1. The molecule has 0 saturated carbocycles. The molecule has 0 aliphatic heterocycles. The Kier molecular flexibility index (Phi) is 4.22. The number of rotatable bonds is 2. The number of carbonyl (C=O) groups excluding carboxylic acids is 1. The molecule has 0 atom stereocenters. The molecule has 0 saturated heterocycles. The van der Waals surface area contributed by atoms with Gasteiger partial charge in [0.1, 0.15) is 11.3 Å². The van der Waals surface area contributed by atoms with Crippen LogP contribution < -0.4 is 4.74 Å². The zero-order valence-electron chi connectivity index (χ0n) is 11.0. The number of hydrogen-bond acceptors (Lipinski definition) is 3. The molecule has 110 valence electrons. The lowest BCUT2D eigenvalue weighted by Gasteiger charge is -2.11. The molecule has 1 aromatic heterocycles. The summed E-state index contributed by atoms with van der Waals surface area (Å²) in [6.45, 7) is 0. The molecular weight excluding hydrogens is 417 g/mol. The SMILES string of the molecule is O=C(Oc1c(Br)cc(Br)c2cccnc12)c1ccccc1F. The quantitative estimate of drug-likeness (QED) is 0.423. The number of nitrogens with zero attached hydrogens (tertiary/aromatic N) is 1. The Morgan fingerprint density at radius 2 is 1.86 bits per heavy atom. The number of ether oxygens (including phenoxy) is 1. The lowest BCUT2D eigenvalue weighted by atomic mass is 10.2. The van der Waals surface area contributed by atoms with Gasteiger partial charge < -0.3 is 4.74 Å². The van der Waals surface area contributed by atoms with Crippen molar-refractivity contribution in [3.05, 3.63) is 69.0 Å². The molecule has 0 aliphatic rings. The largest absolute Gasteiger partial charge is 0.419 e. The molecule has 0 aliphatic carbocycles. The standard InChI is InChI=1S/C16H8Br2FNO2/c17-11-8-12(18)15(14-9(11)5-3-7-20-14)22-16(21)10-4-1-2-6-13(10)19/h1-8H. The van der Waals surface area contributed by atoms with E-state index in [1.807, 2.05) is 6.07 Å². The number of esters is 1. The maximum atomic E-state index is 13.7. The van der Waals surface area contributed by atoms with Gasteiger partial charge >= 0.3 is 5.97 Å². The molecule has 2 aromatic carbocycles. The van der Waals surface area contributed by atoms with Gasteiger partial charge in [0, 0.05) is 16.1 Å². The van der Waals surface area contributed by atoms with Crippen molar-refractivity contribution < 1.29 is 13.9 Å². The van der Waals surface area contributed by atoms with Crippen LogP contribution in [0.25, 0.3) is 10.9 Å². The van der Waals surface area contributed by atoms with E-state index >= 15 is 0 Å². The van der Waals surface area contributed by atoms with Crippen molar-refractivity contribution in [3.8, 4) is 5.75 Å². The molecule has 0 spiro atoms. The molecule has 0 unspecified atom stereocenters. The predicted octanol–water partition coefficient (Wildman–Crippen LogP) is 5.12. The fourth-order valence-electron chi connectivity index (χ4n) is 2.02. The second kappa shape index (κ2) is 6.14. The van der Waals surface area contributed by atoms with Crippen molar-refractivity contribution in [2.75, 3.05) is 0 Å². The minimum Gasteiger partial charge on any atom is -0.419 e. The van der Waals surface area contributed by atoms with E-state index in [0.29, 0.717) is 9.99 Å². The van der Waals surface area contributed by atoms with Gasteiger partial charge in [-0.2, -0.15) is 0 Å². The van der Waals surface area contributed by atoms with Crippen molar-refractivity contribution in [1.82, 2.24) is 4.98 Å². The van der Waals surface area contributed by atoms with Crippen LogP contribution in [-0.2, 0) is 0 Å². The summed E-state index contributed by atoms with van der Waals surface area (Å²) in [6, 6.07) is 11.1. The Balaban J connectivity index is 2.08. The first-order valence-electron chi connectivity index (χ1n) is 6.27. The zero-order valence-corrected chi connectivity index (χ0v) is 14.2. The number of halogens is 3. The van der Waals surface area contributed by atoms with Crippen LogP contribution in [-0.4, -0.2) is 11.0 Å². The lowest BCUT2D eigenvalue weighted by molar-refractivity contribution is 0.0730. The number of hydrogen-bond donors (Lipinski definition) is 0. The van der Waals surface area contributed by atoms with E-state index in [2.05, 4.69) is 36.8 Å². The van der Waals surface area contributed by atoms with Crippen molar-refractivity contribution in [2.45, 2.75) is 0 Å². The van der Waals surface area contributed by atoms with Crippen molar-refractivity contribution in [2.24, 2.45) is 0 Å². The smallest absolute Gasteiger partial charge is 0.346 e. The summed E-state index contributed by atoms with van der Waals surface area (Å²) in [4.78, 5) is 16.4. The minimum atomic E-state index is -0.770. The molecule has 0 bridgehead atoms.